The lowest BCUT2D eigenvalue weighted by Gasteiger charge is -2.50. The molecule has 0 aromatic rings. The molecular weight excluding hydrogens is 1260 g/mol. The van der Waals surface area contributed by atoms with Crippen LogP contribution in [0.3, 0.4) is 0 Å². The Balaban J connectivity index is 1.52. The molecule has 3 fully saturated rings. The van der Waals surface area contributed by atoms with Crippen molar-refractivity contribution in [1.82, 2.24) is 10.6 Å². The molecule has 0 saturated carbocycles. The number of aliphatic hydroxyl groups is 11. The quantitative estimate of drug-likeness (QED) is 0.0199. The first-order chi connectivity index (χ1) is 47.4. The molecule has 0 aromatic carbocycles. The van der Waals surface area contributed by atoms with Crippen LogP contribution in [0.25, 0.3) is 0 Å². The number of amides is 2. The van der Waals surface area contributed by atoms with Gasteiger partial charge in [0.15, 0.2) is 12.6 Å². The van der Waals surface area contributed by atoms with Crippen molar-refractivity contribution >= 4 is 17.8 Å². The van der Waals surface area contributed by atoms with Crippen molar-refractivity contribution in [2.45, 2.75) is 420 Å². The van der Waals surface area contributed by atoms with Crippen molar-refractivity contribution in [1.29, 1.82) is 0 Å². The van der Waals surface area contributed by atoms with Crippen LogP contribution in [0.5, 0.6) is 0 Å². The monoisotopic (exact) mass is 1400 g/mol. The summed E-state index contributed by atoms with van der Waals surface area (Å²) in [6.07, 6.45) is 27.8. The predicted molar refractivity (Wildman–Crippen MR) is 375 cm³/mol. The van der Waals surface area contributed by atoms with E-state index in [0.717, 1.165) is 64.7 Å². The van der Waals surface area contributed by atoms with Gasteiger partial charge in [0.2, 0.25) is 11.8 Å². The van der Waals surface area contributed by atoms with Crippen LogP contribution in [0.4, 0.5) is 0 Å². The molecular formula is C75H140N2O21. The van der Waals surface area contributed by atoms with Crippen LogP contribution in [0.1, 0.15) is 310 Å². The minimum absolute atomic E-state index is 0.224. The van der Waals surface area contributed by atoms with Crippen LogP contribution in [-0.4, -0.2) is 215 Å². The Hall–Kier alpha value is -2.53. The minimum atomic E-state index is -3.08. The van der Waals surface area contributed by atoms with Crippen molar-refractivity contribution in [2.75, 3.05) is 26.4 Å². The lowest BCUT2D eigenvalue weighted by molar-refractivity contribution is -0.386. The molecule has 0 bridgehead atoms. The van der Waals surface area contributed by atoms with Crippen molar-refractivity contribution in [3.63, 3.8) is 0 Å². The number of hydrogen-bond acceptors (Lipinski definition) is 20. The highest BCUT2D eigenvalue weighted by molar-refractivity contribution is 5.77. The summed E-state index contributed by atoms with van der Waals surface area (Å²) in [7, 11) is 0. The number of aliphatic carboxylic acids is 1. The normalized spacial score (nSPS) is 27.3. The van der Waals surface area contributed by atoms with E-state index < -0.39 is 148 Å². The van der Waals surface area contributed by atoms with Crippen LogP contribution in [-0.2, 0) is 42.8 Å². The molecule has 0 radical (unpaired) electrons. The Morgan fingerprint density at radius 2 is 0.949 bits per heavy atom. The van der Waals surface area contributed by atoms with Gasteiger partial charge in [0, 0.05) is 19.8 Å². The molecule has 3 saturated heterocycles. The summed E-state index contributed by atoms with van der Waals surface area (Å²) >= 11 is 0. The number of carbonyl (C=O) groups is 3. The Labute approximate surface area is 588 Å². The molecule has 3 heterocycles. The number of unbranched alkanes of at least 4 members (excludes halogenated alkanes) is 39. The van der Waals surface area contributed by atoms with E-state index in [9.17, 15) is 75.7 Å². The zero-order valence-electron chi connectivity index (χ0n) is 60.7. The van der Waals surface area contributed by atoms with E-state index in [1.54, 1.807) is 0 Å². The highest BCUT2D eigenvalue weighted by atomic mass is 16.8. The zero-order chi connectivity index (χ0) is 71.8. The van der Waals surface area contributed by atoms with Crippen molar-refractivity contribution in [3.05, 3.63) is 12.2 Å². The van der Waals surface area contributed by atoms with E-state index in [-0.39, 0.29) is 18.9 Å². The molecule has 23 heteroatoms. The third-order valence-electron chi connectivity index (χ3n) is 20.0. The molecule has 2 amide bonds. The van der Waals surface area contributed by atoms with Gasteiger partial charge in [-0.15, -0.1) is 0 Å². The maximum atomic E-state index is 13.5. The molecule has 18 unspecified atom stereocenters. The van der Waals surface area contributed by atoms with Gasteiger partial charge in [0.05, 0.1) is 50.7 Å². The minimum Gasteiger partial charge on any atom is -0.477 e. The zero-order valence-corrected chi connectivity index (χ0v) is 60.7. The SMILES string of the molecule is CCCCCCCCCCCCCC/C=C\CCCCCCCCCCCCC(=O)NC(COC1OC(CO)C(OC2OC(CO)C(O)C(OC3(C(=O)O)CC(O)C(NC(C)=O)C(C(O)C(O)CO)O3)C2O)C(O)C1O)C(O)CCCCCCCCCCCCCCCCCCCC. The highest BCUT2D eigenvalue weighted by Gasteiger charge is 2.60. The van der Waals surface area contributed by atoms with Crippen molar-refractivity contribution in [3.8, 4) is 0 Å². The number of aliphatic hydroxyl groups excluding tert-OH is 11. The van der Waals surface area contributed by atoms with Crippen LogP contribution in [0.15, 0.2) is 12.2 Å². The number of carbonyl (C=O) groups excluding carboxylic acids is 2. The number of carboxylic acid groups (broad SMARTS) is 1. The van der Waals surface area contributed by atoms with Crippen LogP contribution < -0.4 is 10.6 Å². The van der Waals surface area contributed by atoms with Crippen LogP contribution in [0.2, 0.25) is 0 Å². The van der Waals surface area contributed by atoms with Gasteiger partial charge >= 0.3 is 5.97 Å². The lowest BCUT2D eigenvalue weighted by Crippen LogP contribution is -2.70. The van der Waals surface area contributed by atoms with E-state index >= 15 is 0 Å². The second-order valence-corrected chi connectivity index (χ2v) is 28.6. The molecule has 0 spiro atoms. The van der Waals surface area contributed by atoms with Crippen molar-refractivity contribution < 1.29 is 104 Å². The summed E-state index contributed by atoms with van der Waals surface area (Å²) in [5, 5.41) is 136. The van der Waals surface area contributed by atoms with E-state index in [1.165, 1.54) is 199 Å². The average molecular weight is 1410 g/mol. The van der Waals surface area contributed by atoms with Gasteiger partial charge in [-0.25, -0.2) is 4.79 Å². The molecule has 98 heavy (non-hydrogen) atoms. The number of hydrogen-bond donors (Lipinski definition) is 14. The number of ether oxygens (including phenoxy) is 6. The molecule has 576 valence electrons. The number of nitrogens with one attached hydrogen (secondary N) is 2. The van der Waals surface area contributed by atoms with Crippen molar-refractivity contribution in [2.24, 2.45) is 0 Å². The number of carboxylic acids is 1. The molecule has 0 aromatic heterocycles. The summed E-state index contributed by atoms with van der Waals surface area (Å²) in [5.41, 5.74) is 0. The molecule has 14 N–H and O–H groups in total. The summed E-state index contributed by atoms with van der Waals surface area (Å²) in [4.78, 5) is 38.7. The Kier molecular flexibility index (Phi) is 50.4. The fraction of sp³-hybridized carbons (Fsp3) is 0.933. The highest BCUT2D eigenvalue weighted by Crippen LogP contribution is 2.39. The number of rotatable bonds is 61. The predicted octanol–water partition coefficient (Wildman–Crippen LogP) is 9.41. The molecule has 0 aliphatic carbocycles. The van der Waals surface area contributed by atoms with E-state index in [0.29, 0.717) is 19.3 Å². The van der Waals surface area contributed by atoms with Gasteiger partial charge in [-0.1, -0.05) is 264 Å². The fourth-order valence-corrected chi connectivity index (χ4v) is 13.8. The van der Waals surface area contributed by atoms with E-state index in [4.69, 9.17) is 28.4 Å². The topological polar surface area (TPSA) is 373 Å². The number of allylic oxidation sites excluding steroid dienone is 2. The average Bonchev–Trinajstić information content (AvgIpc) is 0.755. The second-order valence-electron chi connectivity index (χ2n) is 28.6. The fourth-order valence-electron chi connectivity index (χ4n) is 13.8. The van der Waals surface area contributed by atoms with Gasteiger partial charge in [-0.3, -0.25) is 9.59 Å². The van der Waals surface area contributed by atoms with Gasteiger partial charge < -0.3 is 100 Å². The first kappa shape index (κ1) is 89.7. The molecule has 3 aliphatic heterocycles. The Bertz CT molecular complexity index is 2010. The summed E-state index contributed by atoms with van der Waals surface area (Å²) in [6.45, 7) is 2.25. The third-order valence-corrected chi connectivity index (χ3v) is 20.0. The first-order valence-electron chi connectivity index (χ1n) is 39.0. The second kappa shape index (κ2) is 55.0. The van der Waals surface area contributed by atoms with Gasteiger partial charge in [0.25, 0.3) is 5.79 Å². The van der Waals surface area contributed by atoms with Crippen LogP contribution >= 0.6 is 0 Å². The Morgan fingerprint density at radius 1 is 0.520 bits per heavy atom. The maximum absolute atomic E-state index is 13.5. The standard InChI is InChI=1S/C75H140N2O21/c1-4-6-8-10-12-14-16-18-20-22-24-25-26-27-28-29-30-31-33-35-37-39-41-43-45-47-49-62(85)77-56(57(82)48-46-44-42-40-38-36-34-32-23-21-19-17-15-13-11-9-7-5-2)54-93-72-67(89)66(88)69(61(53-80)95-72)96-73-68(90)71(65(87)60(52-79)94-73)98-75(74(91)92)50-58(83)63(76-55(3)81)70(97-75)64(86)59(84)51-78/h27-28,56-61,63-73,78-80,82-84,86-90H,4-26,29-54H2,1-3H3,(H,76,81)(H,77,85)(H,91,92)/b28-27-. The van der Waals surface area contributed by atoms with Gasteiger partial charge in [-0.05, 0) is 38.5 Å². The molecule has 18 atom stereocenters. The smallest absolute Gasteiger partial charge is 0.364 e. The summed E-state index contributed by atoms with van der Waals surface area (Å²) in [6, 6.07) is -2.53. The Morgan fingerprint density at radius 3 is 1.38 bits per heavy atom. The third kappa shape index (κ3) is 35.8. The maximum Gasteiger partial charge on any atom is 0.364 e. The summed E-state index contributed by atoms with van der Waals surface area (Å²) in [5.74, 6) is -6.10. The first-order valence-corrected chi connectivity index (χ1v) is 39.0. The van der Waals surface area contributed by atoms with E-state index in [2.05, 4.69) is 36.6 Å². The lowest BCUT2D eigenvalue weighted by atomic mass is 9.88. The molecule has 23 nitrogen and oxygen atoms in total. The summed E-state index contributed by atoms with van der Waals surface area (Å²) < 4.78 is 34.9. The van der Waals surface area contributed by atoms with Gasteiger partial charge in [0.1, 0.15) is 67.1 Å². The molecule has 3 aliphatic rings. The molecule has 3 rings (SSSR count). The van der Waals surface area contributed by atoms with Crippen LogP contribution in [0, 0.1) is 0 Å². The largest absolute Gasteiger partial charge is 0.477 e. The van der Waals surface area contributed by atoms with Gasteiger partial charge in [-0.2, -0.15) is 0 Å². The van der Waals surface area contributed by atoms with E-state index in [1.807, 2.05) is 0 Å².